The van der Waals surface area contributed by atoms with Gasteiger partial charge < -0.3 is 4.90 Å². The molecule has 1 fully saturated rings. The lowest BCUT2D eigenvalue weighted by atomic mass is 10.4. The maximum atomic E-state index is 12.4. The predicted octanol–water partition coefficient (Wildman–Crippen LogP) is 2.88. The first-order chi connectivity index (χ1) is 10.4. The summed E-state index contributed by atoms with van der Waals surface area (Å²) in [5, 5.41) is 0. The average molecular weight is 332 g/mol. The Morgan fingerprint density at radius 3 is 2.50 bits per heavy atom. The van der Waals surface area contributed by atoms with E-state index in [1.54, 1.807) is 4.90 Å². The second-order valence-corrected chi connectivity index (χ2v) is 6.28. The summed E-state index contributed by atoms with van der Waals surface area (Å²) in [5.41, 5.74) is 0. The Balaban J connectivity index is 1.79. The zero-order valence-corrected chi connectivity index (χ0v) is 13.0. The lowest BCUT2D eigenvalue weighted by Gasteiger charge is -2.22. The van der Waals surface area contributed by atoms with Gasteiger partial charge in [0.05, 0.1) is 12.3 Å². The first kappa shape index (κ1) is 17.1. The van der Waals surface area contributed by atoms with E-state index in [0.717, 1.165) is 4.90 Å². The van der Waals surface area contributed by atoms with Crippen LogP contribution in [0.15, 0.2) is 35.2 Å². The minimum atomic E-state index is -4.18. The van der Waals surface area contributed by atoms with Crippen LogP contribution in [0.4, 0.5) is 13.2 Å². The van der Waals surface area contributed by atoms with E-state index >= 15 is 0 Å². The van der Waals surface area contributed by atoms with Crippen LogP contribution < -0.4 is 0 Å². The van der Waals surface area contributed by atoms with Gasteiger partial charge in [0.1, 0.15) is 0 Å². The first-order valence-electron chi connectivity index (χ1n) is 7.19. The smallest absolute Gasteiger partial charge is 0.341 e. The number of rotatable bonds is 4. The quantitative estimate of drug-likeness (QED) is 0.792. The molecule has 1 aliphatic heterocycles. The summed E-state index contributed by atoms with van der Waals surface area (Å²) in [4.78, 5) is 16.2. The van der Waals surface area contributed by atoms with Crippen molar-refractivity contribution in [2.75, 3.05) is 38.5 Å². The van der Waals surface area contributed by atoms with E-state index in [1.165, 1.54) is 16.7 Å². The van der Waals surface area contributed by atoms with Gasteiger partial charge in [-0.1, -0.05) is 18.2 Å². The molecule has 122 valence electrons. The second kappa shape index (κ2) is 7.87. The second-order valence-electron chi connectivity index (χ2n) is 5.23. The number of thioether (sulfide) groups is 1. The molecule has 0 bridgehead atoms. The average Bonchev–Trinajstić information content (AvgIpc) is 2.70. The molecule has 22 heavy (non-hydrogen) atoms. The summed E-state index contributed by atoms with van der Waals surface area (Å²) < 4.78 is 37.2. The molecule has 0 radical (unpaired) electrons. The van der Waals surface area contributed by atoms with Gasteiger partial charge in [-0.2, -0.15) is 13.2 Å². The van der Waals surface area contributed by atoms with Gasteiger partial charge in [0.15, 0.2) is 0 Å². The first-order valence-corrected chi connectivity index (χ1v) is 8.17. The number of nitrogens with zero attached hydrogens (tertiary/aromatic N) is 2. The van der Waals surface area contributed by atoms with E-state index < -0.39 is 12.7 Å². The summed E-state index contributed by atoms with van der Waals surface area (Å²) in [6.07, 6.45) is -3.60. The molecule has 0 N–H and O–H groups in total. The van der Waals surface area contributed by atoms with Crippen LogP contribution in [-0.4, -0.2) is 60.4 Å². The third-order valence-corrected chi connectivity index (χ3v) is 4.45. The number of benzene rings is 1. The van der Waals surface area contributed by atoms with Crippen molar-refractivity contribution >= 4 is 17.7 Å². The number of hydrogen-bond donors (Lipinski definition) is 0. The standard InChI is InChI=1S/C15H19F3N2OS/c16-15(17,18)12-19-7-4-8-20(10-9-19)14(21)11-22-13-5-2-1-3-6-13/h1-3,5-6H,4,7-12H2. The molecule has 1 aliphatic rings. The number of carbonyl (C=O) groups excluding carboxylic acids is 1. The van der Waals surface area contributed by atoms with Crippen molar-refractivity contribution in [2.24, 2.45) is 0 Å². The highest BCUT2D eigenvalue weighted by Gasteiger charge is 2.31. The SMILES string of the molecule is O=C(CSc1ccccc1)N1CCCN(CC(F)(F)F)CC1. The Morgan fingerprint density at radius 1 is 1.09 bits per heavy atom. The van der Waals surface area contributed by atoms with Crippen molar-refractivity contribution in [3.8, 4) is 0 Å². The van der Waals surface area contributed by atoms with Crippen molar-refractivity contribution in [2.45, 2.75) is 17.5 Å². The lowest BCUT2D eigenvalue weighted by molar-refractivity contribution is -0.145. The summed E-state index contributed by atoms with van der Waals surface area (Å²) in [7, 11) is 0. The number of halogens is 3. The molecule has 0 saturated carbocycles. The van der Waals surface area contributed by atoms with Crippen LogP contribution in [0.2, 0.25) is 0 Å². The number of carbonyl (C=O) groups is 1. The topological polar surface area (TPSA) is 23.6 Å². The van der Waals surface area contributed by atoms with Crippen LogP contribution in [0.5, 0.6) is 0 Å². The Bertz CT molecular complexity index is 481. The molecule has 1 aromatic rings. The van der Waals surface area contributed by atoms with Gasteiger partial charge in [-0.3, -0.25) is 9.69 Å². The highest BCUT2D eigenvalue weighted by molar-refractivity contribution is 8.00. The highest BCUT2D eigenvalue weighted by Crippen LogP contribution is 2.19. The van der Waals surface area contributed by atoms with Crippen LogP contribution in [0.25, 0.3) is 0 Å². The zero-order valence-electron chi connectivity index (χ0n) is 12.2. The van der Waals surface area contributed by atoms with Gasteiger partial charge >= 0.3 is 6.18 Å². The fourth-order valence-electron chi connectivity index (χ4n) is 2.39. The molecule has 0 atom stereocenters. The van der Waals surface area contributed by atoms with Crippen molar-refractivity contribution in [1.29, 1.82) is 0 Å². The number of alkyl halides is 3. The number of hydrogen-bond acceptors (Lipinski definition) is 3. The van der Waals surface area contributed by atoms with Crippen molar-refractivity contribution in [1.82, 2.24) is 9.80 Å². The Hall–Kier alpha value is -1.21. The van der Waals surface area contributed by atoms with Crippen LogP contribution >= 0.6 is 11.8 Å². The number of amides is 1. The maximum Gasteiger partial charge on any atom is 0.401 e. The Morgan fingerprint density at radius 2 is 1.82 bits per heavy atom. The van der Waals surface area contributed by atoms with Crippen LogP contribution in [-0.2, 0) is 4.79 Å². The minimum Gasteiger partial charge on any atom is -0.341 e. The van der Waals surface area contributed by atoms with E-state index in [9.17, 15) is 18.0 Å². The maximum absolute atomic E-state index is 12.4. The molecule has 0 unspecified atom stereocenters. The fraction of sp³-hybridized carbons (Fsp3) is 0.533. The minimum absolute atomic E-state index is 0.0114. The Labute approximate surface area is 132 Å². The largest absolute Gasteiger partial charge is 0.401 e. The van der Waals surface area contributed by atoms with Gasteiger partial charge in [0, 0.05) is 31.1 Å². The summed E-state index contributed by atoms with van der Waals surface area (Å²) in [5.74, 6) is 0.311. The molecule has 0 spiro atoms. The molecular weight excluding hydrogens is 313 g/mol. The third kappa shape index (κ3) is 5.88. The van der Waals surface area contributed by atoms with Gasteiger partial charge in [0.25, 0.3) is 0 Å². The van der Waals surface area contributed by atoms with Crippen LogP contribution in [0.1, 0.15) is 6.42 Å². The van der Waals surface area contributed by atoms with Gasteiger partial charge in [-0.25, -0.2) is 0 Å². The molecule has 7 heteroatoms. The summed E-state index contributed by atoms with van der Waals surface area (Å²) in [6.45, 7) is 0.664. The van der Waals surface area contributed by atoms with E-state index in [1.807, 2.05) is 30.3 Å². The molecule has 0 aromatic heterocycles. The normalized spacial score (nSPS) is 17.3. The fourth-order valence-corrected chi connectivity index (χ4v) is 3.21. The van der Waals surface area contributed by atoms with E-state index in [-0.39, 0.29) is 12.5 Å². The van der Waals surface area contributed by atoms with E-state index in [0.29, 0.717) is 31.8 Å². The molecule has 1 aromatic carbocycles. The zero-order chi connectivity index (χ0) is 16.0. The van der Waals surface area contributed by atoms with Gasteiger partial charge in [-0.15, -0.1) is 11.8 Å². The van der Waals surface area contributed by atoms with Crippen molar-refractivity contribution in [3.63, 3.8) is 0 Å². The Kier molecular flexibility index (Phi) is 6.14. The van der Waals surface area contributed by atoms with Crippen LogP contribution in [0.3, 0.4) is 0 Å². The lowest BCUT2D eigenvalue weighted by Crippen LogP contribution is -2.39. The van der Waals surface area contributed by atoms with Gasteiger partial charge in [0.2, 0.25) is 5.91 Å². The summed E-state index contributed by atoms with van der Waals surface area (Å²) in [6, 6.07) is 9.61. The molecule has 3 nitrogen and oxygen atoms in total. The van der Waals surface area contributed by atoms with Gasteiger partial charge in [-0.05, 0) is 18.6 Å². The van der Waals surface area contributed by atoms with Crippen molar-refractivity contribution < 1.29 is 18.0 Å². The monoisotopic (exact) mass is 332 g/mol. The van der Waals surface area contributed by atoms with Crippen LogP contribution in [0, 0.1) is 0 Å². The van der Waals surface area contributed by atoms with E-state index in [2.05, 4.69) is 0 Å². The molecule has 2 rings (SSSR count). The third-order valence-electron chi connectivity index (χ3n) is 3.45. The molecule has 1 saturated heterocycles. The van der Waals surface area contributed by atoms with E-state index in [4.69, 9.17) is 0 Å². The molecule has 0 aliphatic carbocycles. The highest BCUT2D eigenvalue weighted by atomic mass is 32.2. The molecule has 1 amide bonds. The molecular formula is C15H19F3N2OS. The predicted molar refractivity (Wildman–Crippen MR) is 80.9 cm³/mol. The summed E-state index contributed by atoms with van der Waals surface area (Å²) >= 11 is 1.45. The molecule has 1 heterocycles. The van der Waals surface area contributed by atoms with Crippen molar-refractivity contribution in [3.05, 3.63) is 30.3 Å².